The lowest BCUT2D eigenvalue weighted by atomic mass is 9.97. The van der Waals surface area contributed by atoms with Crippen molar-refractivity contribution in [2.45, 2.75) is 25.7 Å². The first kappa shape index (κ1) is 20.7. The lowest BCUT2D eigenvalue weighted by Gasteiger charge is -2.30. The SMILES string of the molecule is CCOc1ccccc1NC(=O)N1CCC(c2nc(-c3ccc(OC)cc3)no2)CC1. The van der Waals surface area contributed by atoms with Gasteiger partial charge in [-0.25, -0.2) is 4.79 Å². The van der Waals surface area contributed by atoms with Gasteiger partial charge in [0.2, 0.25) is 11.7 Å². The van der Waals surface area contributed by atoms with Crippen LogP contribution in [0.15, 0.2) is 53.1 Å². The van der Waals surface area contributed by atoms with E-state index < -0.39 is 0 Å². The van der Waals surface area contributed by atoms with Crippen LogP contribution in [0.2, 0.25) is 0 Å². The third kappa shape index (κ3) is 4.79. The van der Waals surface area contributed by atoms with Crippen molar-refractivity contribution in [3.05, 3.63) is 54.4 Å². The zero-order chi connectivity index (χ0) is 21.6. The van der Waals surface area contributed by atoms with Crippen LogP contribution in [0.4, 0.5) is 10.5 Å². The largest absolute Gasteiger partial charge is 0.497 e. The van der Waals surface area contributed by atoms with Gasteiger partial charge in [-0.1, -0.05) is 17.3 Å². The number of piperidine rings is 1. The van der Waals surface area contributed by atoms with Crippen molar-refractivity contribution in [2.75, 3.05) is 32.1 Å². The quantitative estimate of drug-likeness (QED) is 0.627. The summed E-state index contributed by atoms with van der Waals surface area (Å²) in [4.78, 5) is 19.1. The minimum absolute atomic E-state index is 0.130. The maximum Gasteiger partial charge on any atom is 0.321 e. The first-order chi connectivity index (χ1) is 15.2. The van der Waals surface area contributed by atoms with Crippen molar-refractivity contribution in [2.24, 2.45) is 0 Å². The molecule has 0 aliphatic carbocycles. The maximum atomic E-state index is 12.7. The molecule has 3 aromatic rings. The predicted octanol–water partition coefficient (Wildman–Crippen LogP) is 4.56. The van der Waals surface area contributed by atoms with Crippen molar-refractivity contribution in [1.29, 1.82) is 0 Å². The predicted molar refractivity (Wildman–Crippen MR) is 116 cm³/mol. The third-order valence-corrected chi connectivity index (χ3v) is 5.35. The summed E-state index contributed by atoms with van der Waals surface area (Å²) in [6, 6.07) is 14.9. The molecule has 0 radical (unpaired) electrons. The Morgan fingerprint density at radius 2 is 1.90 bits per heavy atom. The monoisotopic (exact) mass is 422 g/mol. The Bertz CT molecular complexity index is 1010. The number of likely N-dealkylation sites (tertiary alicyclic amines) is 1. The van der Waals surface area contributed by atoms with E-state index in [-0.39, 0.29) is 11.9 Å². The van der Waals surface area contributed by atoms with Crippen LogP contribution in [0.3, 0.4) is 0 Å². The molecular weight excluding hydrogens is 396 g/mol. The van der Waals surface area contributed by atoms with E-state index in [0.717, 1.165) is 24.2 Å². The van der Waals surface area contributed by atoms with Crippen LogP contribution in [0.25, 0.3) is 11.4 Å². The van der Waals surface area contributed by atoms with Gasteiger partial charge >= 0.3 is 6.03 Å². The summed E-state index contributed by atoms with van der Waals surface area (Å²) in [6.07, 6.45) is 1.54. The molecule has 2 aromatic carbocycles. The fourth-order valence-electron chi connectivity index (χ4n) is 3.63. The highest BCUT2D eigenvalue weighted by molar-refractivity contribution is 5.91. The van der Waals surface area contributed by atoms with E-state index in [2.05, 4.69) is 15.5 Å². The summed E-state index contributed by atoms with van der Waals surface area (Å²) in [5.74, 6) is 2.77. The zero-order valence-electron chi connectivity index (χ0n) is 17.7. The van der Waals surface area contributed by atoms with E-state index in [1.165, 1.54) is 0 Å². The molecule has 0 spiro atoms. The van der Waals surface area contributed by atoms with Crippen LogP contribution in [0, 0.1) is 0 Å². The molecule has 0 saturated carbocycles. The van der Waals surface area contributed by atoms with Gasteiger partial charge in [0.1, 0.15) is 11.5 Å². The highest BCUT2D eigenvalue weighted by atomic mass is 16.5. The van der Waals surface area contributed by atoms with Crippen molar-refractivity contribution >= 4 is 11.7 Å². The number of carbonyl (C=O) groups excluding carboxylic acids is 1. The number of nitrogens with one attached hydrogen (secondary N) is 1. The fraction of sp³-hybridized carbons (Fsp3) is 0.348. The van der Waals surface area contributed by atoms with Gasteiger partial charge in [0.15, 0.2) is 0 Å². The molecular formula is C23H26N4O4. The number of carbonyl (C=O) groups is 1. The standard InChI is InChI=1S/C23H26N4O4/c1-3-30-20-7-5-4-6-19(20)24-23(28)27-14-12-17(13-15-27)22-25-21(26-31-22)16-8-10-18(29-2)11-9-16/h4-11,17H,3,12-15H2,1-2H3,(H,24,28). The van der Waals surface area contributed by atoms with E-state index in [9.17, 15) is 4.79 Å². The van der Waals surface area contributed by atoms with E-state index in [4.69, 9.17) is 14.0 Å². The summed E-state index contributed by atoms with van der Waals surface area (Å²) in [6.45, 7) is 3.70. The Balaban J connectivity index is 1.34. The summed E-state index contributed by atoms with van der Waals surface area (Å²) < 4.78 is 16.3. The second-order valence-electron chi connectivity index (χ2n) is 7.31. The Labute approximate surface area is 181 Å². The number of anilines is 1. The smallest absolute Gasteiger partial charge is 0.321 e. The highest BCUT2D eigenvalue weighted by Gasteiger charge is 2.28. The second-order valence-corrected chi connectivity index (χ2v) is 7.31. The number of amides is 2. The Morgan fingerprint density at radius 1 is 1.16 bits per heavy atom. The number of benzene rings is 2. The molecule has 8 nitrogen and oxygen atoms in total. The van der Waals surface area contributed by atoms with Gasteiger partial charge in [0, 0.05) is 24.6 Å². The summed E-state index contributed by atoms with van der Waals surface area (Å²) in [5.41, 5.74) is 1.55. The molecule has 2 heterocycles. The van der Waals surface area contributed by atoms with Crippen molar-refractivity contribution < 1.29 is 18.8 Å². The molecule has 1 saturated heterocycles. The van der Waals surface area contributed by atoms with Gasteiger partial charge < -0.3 is 24.2 Å². The van der Waals surface area contributed by atoms with E-state index in [1.807, 2.05) is 55.5 Å². The molecule has 2 amide bonds. The van der Waals surface area contributed by atoms with Gasteiger partial charge in [-0.3, -0.25) is 0 Å². The minimum atomic E-state index is -0.130. The fourth-order valence-corrected chi connectivity index (χ4v) is 3.63. The Hall–Kier alpha value is -3.55. The molecule has 0 atom stereocenters. The molecule has 1 fully saturated rings. The molecule has 0 bridgehead atoms. The van der Waals surface area contributed by atoms with E-state index in [1.54, 1.807) is 12.0 Å². The van der Waals surface area contributed by atoms with E-state index in [0.29, 0.717) is 42.8 Å². The average molecular weight is 422 g/mol. The molecule has 0 unspecified atom stereocenters. The molecule has 31 heavy (non-hydrogen) atoms. The summed E-state index contributed by atoms with van der Waals surface area (Å²) in [7, 11) is 1.63. The third-order valence-electron chi connectivity index (χ3n) is 5.35. The number of nitrogens with zero attached hydrogens (tertiary/aromatic N) is 3. The van der Waals surface area contributed by atoms with Crippen LogP contribution in [0.1, 0.15) is 31.6 Å². The van der Waals surface area contributed by atoms with Crippen LogP contribution < -0.4 is 14.8 Å². The number of urea groups is 1. The molecule has 1 N–H and O–H groups in total. The van der Waals surface area contributed by atoms with Crippen LogP contribution in [-0.2, 0) is 0 Å². The molecule has 4 rings (SSSR count). The number of ether oxygens (including phenoxy) is 2. The maximum absolute atomic E-state index is 12.7. The number of hydrogen-bond donors (Lipinski definition) is 1. The first-order valence-corrected chi connectivity index (χ1v) is 10.4. The van der Waals surface area contributed by atoms with Gasteiger partial charge in [-0.05, 0) is 56.2 Å². The lowest BCUT2D eigenvalue weighted by Crippen LogP contribution is -2.40. The molecule has 8 heteroatoms. The first-order valence-electron chi connectivity index (χ1n) is 10.4. The second kappa shape index (κ2) is 9.51. The van der Waals surface area contributed by atoms with Gasteiger partial charge in [-0.2, -0.15) is 4.98 Å². The molecule has 1 aliphatic rings. The normalized spacial score (nSPS) is 14.3. The van der Waals surface area contributed by atoms with E-state index >= 15 is 0 Å². The van der Waals surface area contributed by atoms with Crippen LogP contribution >= 0.6 is 0 Å². The lowest BCUT2D eigenvalue weighted by molar-refractivity contribution is 0.187. The number of methoxy groups -OCH3 is 1. The van der Waals surface area contributed by atoms with Crippen LogP contribution in [0.5, 0.6) is 11.5 Å². The molecule has 1 aliphatic heterocycles. The van der Waals surface area contributed by atoms with Crippen LogP contribution in [-0.4, -0.2) is 47.9 Å². The Morgan fingerprint density at radius 3 is 2.61 bits per heavy atom. The van der Waals surface area contributed by atoms with Gasteiger partial charge in [-0.15, -0.1) is 0 Å². The molecule has 1 aromatic heterocycles. The zero-order valence-corrected chi connectivity index (χ0v) is 17.7. The topological polar surface area (TPSA) is 89.7 Å². The summed E-state index contributed by atoms with van der Waals surface area (Å²) >= 11 is 0. The number of aromatic nitrogens is 2. The van der Waals surface area contributed by atoms with Crippen molar-refractivity contribution in [3.8, 4) is 22.9 Å². The average Bonchev–Trinajstić information content (AvgIpc) is 3.31. The van der Waals surface area contributed by atoms with Gasteiger partial charge in [0.25, 0.3) is 0 Å². The number of rotatable bonds is 6. The van der Waals surface area contributed by atoms with Crippen molar-refractivity contribution in [1.82, 2.24) is 15.0 Å². The number of para-hydroxylation sites is 2. The Kier molecular flexibility index (Phi) is 6.35. The highest BCUT2D eigenvalue weighted by Crippen LogP contribution is 2.30. The van der Waals surface area contributed by atoms with Gasteiger partial charge in [0.05, 0.1) is 19.4 Å². The van der Waals surface area contributed by atoms with Crippen molar-refractivity contribution in [3.63, 3.8) is 0 Å². The minimum Gasteiger partial charge on any atom is -0.497 e. The summed E-state index contributed by atoms with van der Waals surface area (Å²) in [5, 5.41) is 7.08. The molecule has 162 valence electrons. The number of hydrogen-bond acceptors (Lipinski definition) is 6.